The van der Waals surface area contributed by atoms with Crippen LogP contribution in [0.5, 0.6) is 5.75 Å². The molecular formula is C21H29N3O4. The Morgan fingerprint density at radius 2 is 1.79 bits per heavy atom. The van der Waals surface area contributed by atoms with E-state index in [-0.39, 0.29) is 24.4 Å². The minimum Gasteiger partial charge on any atom is -0.496 e. The van der Waals surface area contributed by atoms with Crippen molar-refractivity contribution in [3.05, 3.63) is 35.5 Å². The highest BCUT2D eigenvalue weighted by Gasteiger charge is 2.43. The number of likely N-dealkylation sites (N-methyl/N-ethyl adjacent to an activating group) is 1. The van der Waals surface area contributed by atoms with E-state index in [0.29, 0.717) is 29.2 Å². The Balaban J connectivity index is 2.04. The number of carbonyl (C=O) groups excluding carboxylic acids is 2. The number of methoxy groups -OCH3 is 2. The lowest BCUT2D eigenvalue weighted by Crippen LogP contribution is -2.44. The Morgan fingerprint density at radius 1 is 1.11 bits per heavy atom. The minimum atomic E-state index is -0.290. The van der Waals surface area contributed by atoms with Crippen molar-refractivity contribution in [3.63, 3.8) is 0 Å². The molecule has 1 aromatic rings. The van der Waals surface area contributed by atoms with Gasteiger partial charge in [0.25, 0.3) is 11.8 Å². The highest BCUT2D eigenvalue weighted by atomic mass is 16.5. The molecule has 2 heterocycles. The predicted octanol–water partition coefficient (Wildman–Crippen LogP) is 1.45. The molecule has 0 aromatic heterocycles. The molecule has 7 nitrogen and oxygen atoms in total. The lowest BCUT2D eigenvalue weighted by molar-refractivity contribution is -0.138. The fraction of sp³-hybridized carbons (Fsp3) is 0.524. The van der Waals surface area contributed by atoms with Crippen LogP contribution in [0.25, 0.3) is 5.57 Å². The summed E-state index contributed by atoms with van der Waals surface area (Å²) in [4.78, 5) is 32.1. The summed E-state index contributed by atoms with van der Waals surface area (Å²) in [5.41, 5.74) is 1.53. The van der Waals surface area contributed by atoms with Gasteiger partial charge in [0.1, 0.15) is 11.4 Å². The average Bonchev–Trinajstić information content (AvgIpc) is 2.96. The largest absolute Gasteiger partial charge is 0.496 e. The second-order valence-electron chi connectivity index (χ2n) is 7.32. The van der Waals surface area contributed by atoms with Crippen molar-refractivity contribution in [2.75, 3.05) is 54.6 Å². The van der Waals surface area contributed by atoms with Gasteiger partial charge in [0.2, 0.25) is 0 Å². The Kier molecular flexibility index (Phi) is 6.36. The molecule has 3 rings (SSSR count). The molecule has 152 valence electrons. The maximum atomic E-state index is 13.3. The van der Waals surface area contributed by atoms with Crippen LogP contribution in [-0.2, 0) is 14.3 Å². The third kappa shape index (κ3) is 3.77. The Morgan fingerprint density at radius 3 is 2.43 bits per heavy atom. The zero-order chi connectivity index (χ0) is 20.3. The van der Waals surface area contributed by atoms with Crippen molar-refractivity contribution in [2.24, 2.45) is 0 Å². The zero-order valence-electron chi connectivity index (χ0n) is 17.1. The smallest absolute Gasteiger partial charge is 0.277 e. The van der Waals surface area contributed by atoms with E-state index in [2.05, 4.69) is 11.9 Å². The van der Waals surface area contributed by atoms with Gasteiger partial charge in [-0.05, 0) is 39.0 Å². The molecule has 0 bridgehead atoms. The summed E-state index contributed by atoms with van der Waals surface area (Å²) in [6.07, 6.45) is 1.91. The van der Waals surface area contributed by atoms with Gasteiger partial charge in [-0.25, -0.2) is 0 Å². The van der Waals surface area contributed by atoms with E-state index in [1.54, 1.807) is 14.2 Å². The molecular weight excluding hydrogens is 358 g/mol. The highest BCUT2D eigenvalue weighted by Crippen LogP contribution is 2.37. The van der Waals surface area contributed by atoms with E-state index in [9.17, 15) is 9.59 Å². The third-order valence-corrected chi connectivity index (χ3v) is 5.63. The van der Waals surface area contributed by atoms with E-state index in [0.717, 1.165) is 25.9 Å². The molecule has 1 saturated heterocycles. The maximum absolute atomic E-state index is 13.3. The van der Waals surface area contributed by atoms with Gasteiger partial charge < -0.3 is 19.3 Å². The molecule has 7 heteroatoms. The predicted molar refractivity (Wildman–Crippen MR) is 107 cm³/mol. The van der Waals surface area contributed by atoms with E-state index in [4.69, 9.17) is 9.47 Å². The van der Waals surface area contributed by atoms with Gasteiger partial charge in [-0.15, -0.1) is 0 Å². The second kappa shape index (κ2) is 8.75. The molecule has 1 aromatic carbocycles. The van der Waals surface area contributed by atoms with Crippen LogP contribution in [0.2, 0.25) is 0 Å². The highest BCUT2D eigenvalue weighted by molar-refractivity contribution is 6.36. The number of rotatable bonds is 7. The van der Waals surface area contributed by atoms with E-state index in [1.807, 2.05) is 36.2 Å². The van der Waals surface area contributed by atoms with Crippen molar-refractivity contribution >= 4 is 17.4 Å². The number of imide groups is 1. The average molecular weight is 387 g/mol. The molecule has 0 atom stereocenters. The van der Waals surface area contributed by atoms with E-state index in [1.165, 1.54) is 4.90 Å². The van der Waals surface area contributed by atoms with E-state index >= 15 is 0 Å². The molecule has 2 aliphatic rings. The van der Waals surface area contributed by atoms with Crippen LogP contribution in [0.4, 0.5) is 0 Å². The number of ether oxygens (including phenoxy) is 2. The lowest BCUT2D eigenvalue weighted by atomic mass is 9.99. The first kappa shape index (κ1) is 20.4. The normalized spacial score (nSPS) is 18.9. The van der Waals surface area contributed by atoms with Gasteiger partial charge in [0.15, 0.2) is 0 Å². The van der Waals surface area contributed by atoms with Gasteiger partial charge in [-0.2, -0.15) is 0 Å². The monoisotopic (exact) mass is 387 g/mol. The van der Waals surface area contributed by atoms with Crippen LogP contribution >= 0.6 is 0 Å². The SMILES string of the molecule is COCCN1C(=O)C(c2ccccc2OC)=C(N(C)C2CCN(C)CC2)C1=O. The summed E-state index contributed by atoms with van der Waals surface area (Å²) < 4.78 is 10.6. The van der Waals surface area contributed by atoms with Crippen LogP contribution in [0.15, 0.2) is 30.0 Å². The fourth-order valence-electron chi connectivity index (χ4n) is 3.93. The summed E-state index contributed by atoms with van der Waals surface area (Å²) in [5, 5.41) is 0. The minimum absolute atomic E-state index is 0.218. The molecule has 1 fully saturated rings. The van der Waals surface area contributed by atoms with Crippen molar-refractivity contribution in [1.29, 1.82) is 0 Å². The van der Waals surface area contributed by atoms with Crippen molar-refractivity contribution in [1.82, 2.24) is 14.7 Å². The summed E-state index contributed by atoms with van der Waals surface area (Å²) in [7, 11) is 7.16. The number of hydrogen-bond donors (Lipinski definition) is 0. The summed E-state index contributed by atoms with van der Waals surface area (Å²) >= 11 is 0. The number of hydrogen-bond acceptors (Lipinski definition) is 6. The van der Waals surface area contributed by atoms with Gasteiger partial charge >= 0.3 is 0 Å². The Labute approximate surface area is 166 Å². The number of likely N-dealkylation sites (tertiary alicyclic amines) is 1. The quantitative estimate of drug-likeness (QED) is 0.660. The van der Waals surface area contributed by atoms with Crippen LogP contribution < -0.4 is 4.74 Å². The first-order valence-electron chi connectivity index (χ1n) is 9.63. The topological polar surface area (TPSA) is 62.3 Å². The molecule has 28 heavy (non-hydrogen) atoms. The number of para-hydroxylation sites is 1. The second-order valence-corrected chi connectivity index (χ2v) is 7.32. The lowest BCUT2D eigenvalue weighted by Gasteiger charge is -2.36. The summed E-state index contributed by atoms with van der Waals surface area (Å²) in [6, 6.07) is 7.57. The Hall–Kier alpha value is -2.38. The van der Waals surface area contributed by atoms with Gasteiger partial charge in [0.05, 0.1) is 25.8 Å². The number of benzene rings is 1. The molecule has 0 spiro atoms. The fourth-order valence-corrected chi connectivity index (χ4v) is 3.93. The molecule has 0 saturated carbocycles. The maximum Gasteiger partial charge on any atom is 0.277 e. The third-order valence-electron chi connectivity index (χ3n) is 5.63. The molecule has 2 amide bonds. The standard InChI is InChI=1S/C21H29N3O4/c1-22-11-9-15(10-12-22)23(2)19-18(16-7-5-6-8-17(16)28-4)20(25)24(21(19)26)13-14-27-3/h5-8,15H,9-14H2,1-4H3. The van der Waals surface area contributed by atoms with Crippen LogP contribution in [-0.4, -0.2) is 87.1 Å². The van der Waals surface area contributed by atoms with E-state index < -0.39 is 0 Å². The van der Waals surface area contributed by atoms with Crippen LogP contribution in [0, 0.1) is 0 Å². The number of carbonyl (C=O) groups is 2. The van der Waals surface area contributed by atoms with Crippen LogP contribution in [0.1, 0.15) is 18.4 Å². The number of nitrogens with zero attached hydrogens (tertiary/aromatic N) is 3. The zero-order valence-corrected chi connectivity index (χ0v) is 17.1. The first-order chi connectivity index (χ1) is 13.5. The molecule has 0 aliphatic carbocycles. The molecule has 0 N–H and O–H groups in total. The number of piperidine rings is 1. The Bertz CT molecular complexity index is 769. The van der Waals surface area contributed by atoms with Gasteiger partial charge in [-0.1, -0.05) is 18.2 Å². The van der Waals surface area contributed by atoms with Crippen molar-refractivity contribution in [2.45, 2.75) is 18.9 Å². The first-order valence-corrected chi connectivity index (χ1v) is 9.63. The molecule has 0 radical (unpaired) electrons. The number of amides is 2. The molecule has 2 aliphatic heterocycles. The summed E-state index contributed by atoms with van der Waals surface area (Å²) in [5.74, 6) is 0.0345. The summed E-state index contributed by atoms with van der Waals surface area (Å²) in [6.45, 7) is 2.49. The van der Waals surface area contributed by atoms with Crippen molar-refractivity contribution in [3.8, 4) is 5.75 Å². The van der Waals surface area contributed by atoms with Gasteiger partial charge in [-0.3, -0.25) is 14.5 Å². The van der Waals surface area contributed by atoms with Crippen molar-refractivity contribution < 1.29 is 19.1 Å². The van der Waals surface area contributed by atoms with Gasteiger partial charge in [0, 0.05) is 25.8 Å². The molecule has 0 unspecified atom stereocenters. The van der Waals surface area contributed by atoms with Crippen LogP contribution in [0.3, 0.4) is 0 Å².